The molecule has 2 rings (SSSR count). The zero-order valence-electron chi connectivity index (χ0n) is 15.4. The van der Waals surface area contributed by atoms with Crippen LogP contribution in [0.1, 0.15) is 58.8 Å². The van der Waals surface area contributed by atoms with Crippen LogP contribution in [-0.2, 0) is 10.3 Å². The number of hydrogen-bond acceptors (Lipinski definition) is 3. The Morgan fingerprint density at radius 3 is 2.65 bits per heavy atom. The van der Waals surface area contributed by atoms with Crippen LogP contribution in [0.15, 0.2) is 6.20 Å². The first-order valence-corrected chi connectivity index (χ1v) is 8.35. The summed E-state index contributed by atoms with van der Waals surface area (Å²) in [5, 5.41) is 7.68. The van der Waals surface area contributed by atoms with Crippen molar-refractivity contribution in [2.24, 2.45) is 0 Å². The number of nitrogens with one attached hydrogen (secondary N) is 1. The fourth-order valence-corrected chi connectivity index (χ4v) is 2.77. The van der Waals surface area contributed by atoms with E-state index in [0.717, 1.165) is 11.3 Å². The number of urea groups is 1. The lowest BCUT2D eigenvalue weighted by molar-refractivity contribution is -0.0320. The maximum atomic E-state index is 12.6. The molecule has 2 amide bonds. The molecule has 23 heavy (non-hydrogen) atoms. The number of carbonyl (C=O) groups is 1. The second-order valence-electron chi connectivity index (χ2n) is 7.60. The second kappa shape index (κ2) is 6.51. The molecule has 0 saturated carbocycles. The number of aromatic nitrogens is 2. The highest BCUT2D eigenvalue weighted by atomic mass is 16.5. The van der Waals surface area contributed by atoms with Crippen molar-refractivity contribution in [3.8, 4) is 0 Å². The van der Waals surface area contributed by atoms with Gasteiger partial charge in [0.15, 0.2) is 0 Å². The van der Waals surface area contributed by atoms with E-state index in [1.807, 2.05) is 43.5 Å². The fraction of sp³-hybridized carbons (Fsp3) is 0.765. The molecule has 6 heteroatoms. The predicted octanol–water partition coefficient (Wildman–Crippen LogP) is 2.83. The first-order chi connectivity index (χ1) is 10.6. The summed E-state index contributed by atoms with van der Waals surface area (Å²) in [6, 6.07) is -0.0243. The van der Waals surface area contributed by atoms with Crippen molar-refractivity contribution in [1.82, 2.24) is 20.0 Å². The molecule has 2 heterocycles. The molecule has 130 valence electrons. The highest BCUT2D eigenvalue weighted by molar-refractivity contribution is 5.75. The highest BCUT2D eigenvalue weighted by Crippen LogP contribution is 2.22. The summed E-state index contributed by atoms with van der Waals surface area (Å²) in [6.07, 6.45) is 2.11. The molecule has 1 aromatic rings. The van der Waals surface area contributed by atoms with E-state index < -0.39 is 0 Å². The van der Waals surface area contributed by atoms with E-state index >= 15 is 0 Å². The van der Waals surface area contributed by atoms with Gasteiger partial charge in [-0.3, -0.25) is 4.68 Å². The molecule has 1 aliphatic heterocycles. The molecule has 3 unspecified atom stereocenters. The number of rotatable bonds is 2. The molecular formula is C17H30N4O2. The van der Waals surface area contributed by atoms with Crippen LogP contribution in [0.3, 0.4) is 0 Å². The van der Waals surface area contributed by atoms with Gasteiger partial charge in [0.05, 0.1) is 36.0 Å². The van der Waals surface area contributed by atoms with Gasteiger partial charge in [0, 0.05) is 18.3 Å². The van der Waals surface area contributed by atoms with Gasteiger partial charge in [0.2, 0.25) is 0 Å². The zero-order valence-corrected chi connectivity index (χ0v) is 15.4. The van der Waals surface area contributed by atoms with E-state index in [4.69, 9.17) is 4.74 Å². The molecule has 0 radical (unpaired) electrons. The van der Waals surface area contributed by atoms with Crippen LogP contribution < -0.4 is 5.32 Å². The lowest BCUT2D eigenvalue weighted by Gasteiger charge is -2.37. The highest BCUT2D eigenvalue weighted by Gasteiger charge is 2.29. The Morgan fingerprint density at radius 1 is 1.43 bits per heavy atom. The third-order valence-corrected chi connectivity index (χ3v) is 4.30. The summed E-state index contributed by atoms with van der Waals surface area (Å²) in [4.78, 5) is 14.4. The third kappa shape index (κ3) is 4.05. The average molecular weight is 322 g/mol. The minimum atomic E-state index is -0.0797. The van der Waals surface area contributed by atoms with Gasteiger partial charge in [0.1, 0.15) is 0 Å². The Hall–Kier alpha value is -1.56. The van der Waals surface area contributed by atoms with Gasteiger partial charge >= 0.3 is 6.03 Å². The van der Waals surface area contributed by atoms with Gasteiger partial charge in [-0.2, -0.15) is 5.10 Å². The van der Waals surface area contributed by atoms with Crippen LogP contribution in [0, 0.1) is 6.92 Å². The summed E-state index contributed by atoms with van der Waals surface area (Å²) in [5.41, 5.74) is 1.94. The summed E-state index contributed by atoms with van der Waals surface area (Å²) < 4.78 is 7.54. The minimum Gasteiger partial charge on any atom is -0.375 e. The molecule has 1 fully saturated rings. The van der Waals surface area contributed by atoms with Crippen molar-refractivity contribution in [2.75, 3.05) is 13.2 Å². The zero-order chi connectivity index (χ0) is 17.4. The molecule has 0 bridgehead atoms. The molecule has 0 aromatic carbocycles. The minimum absolute atomic E-state index is 0.0388. The number of hydrogen-bond donors (Lipinski definition) is 1. The van der Waals surface area contributed by atoms with E-state index in [2.05, 4.69) is 31.2 Å². The second-order valence-corrected chi connectivity index (χ2v) is 7.60. The molecule has 1 aromatic heterocycles. The molecular weight excluding hydrogens is 292 g/mol. The van der Waals surface area contributed by atoms with Gasteiger partial charge in [0.25, 0.3) is 0 Å². The maximum absolute atomic E-state index is 12.6. The van der Waals surface area contributed by atoms with Crippen molar-refractivity contribution in [1.29, 1.82) is 0 Å². The molecule has 0 spiro atoms. The van der Waals surface area contributed by atoms with Crippen LogP contribution >= 0.6 is 0 Å². The van der Waals surface area contributed by atoms with Gasteiger partial charge < -0.3 is 15.0 Å². The van der Waals surface area contributed by atoms with Crippen LogP contribution in [0.5, 0.6) is 0 Å². The summed E-state index contributed by atoms with van der Waals surface area (Å²) in [5.74, 6) is 0. The number of nitrogens with zero attached hydrogens (tertiary/aromatic N) is 3. The number of ether oxygens (including phenoxy) is 1. The Morgan fingerprint density at radius 2 is 2.09 bits per heavy atom. The number of carbonyl (C=O) groups excluding carboxylic acids is 1. The van der Waals surface area contributed by atoms with Crippen molar-refractivity contribution >= 4 is 6.03 Å². The van der Waals surface area contributed by atoms with Crippen molar-refractivity contribution < 1.29 is 9.53 Å². The first-order valence-electron chi connectivity index (χ1n) is 8.35. The third-order valence-electron chi connectivity index (χ3n) is 4.30. The van der Waals surface area contributed by atoms with Crippen LogP contribution in [0.4, 0.5) is 4.79 Å². The normalized spacial score (nSPS) is 23.7. The van der Waals surface area contributed by atoms with E-state index in [1.165, 1.54) is 0 Å². The lowest BCUT2D eigenvalue weighted by Crippen LogP contribution is -2.53. The quantitative estimate of drug-likeness (QED) is 0.911. The smallest absolute Gasteiger partial charge is 0.318 e. The van der Waals surface area contributed by atoms with Gasteiger partial charge in [-0.25, -0.2) is 4.79 Å². The number of amides is 2. The van der Waals surface area contributed by atoms with Crippen LogP contribution in [-0.4, -0.2) is 46.0 Å². The molecule has 0 aliphatic carbocycles. The van der Waals surface area contributed by atoms with Gasteiger partial charge in [-0.15, -0.1) is 0 Å². The Kier molecular flexibility index (Phi) is 5.04. The van der Waals surface area contributed by atoms with E-state index in [9.17, 15) is 4.79 Å². The number of aryl methyl sites for hydroxylation is 1. The Bertz CT molecular complexity index is 561. The summed E-state index contributed by atoms with van der Waals surface area (Å²) >= 11 is 0. The monoisotopic (exact) mass is 322 g/mol. The van der Waals surface area contributed by atoms with Gasteiger partial charge in [-0.1, -0.05) is 0 Å². The first kappa shape index (κ1) is 17.8. The standard InChI is InChI=1S/C17H30N4O2/c1-11-10-23-12(2)8-20(11)16(22)18-13(3)15-9-21(17(5,6)7)19-14(15)4/h9,11-13H,8,10H2,1-7H3,(H,18,22). The lowest BCUT2D eigenvalue weighted by atomic mass is 10.1. The average Bonchev–Trinajstić information content (AvgIpc) is 2.83. The SMILES string of the molecule is Cc1nn(C(C)(C)C)cc1C(C)NC(=O)N1CC(C)OCC1C. The summed E-state index contributed by atoms with van der Waals surface area (Å²) in [6.45, 7) is 15.6. The van der Waals surface area contributed by atoms with Gasteiger partial charge in [-0.05, 0) is 48.5 Å². The van der Waals surface area contributed by atoms with E-state index in [-0.39, 0.29) is 29.8 Å². The summed E-state index contributed by atoms with van der Waals surface area (Å²) in [7, 11) is 0. The van der Waals surface area contributed by atoms with Crippen molar-refractivity contribution in [2.45, 2.75) is 72.2 Å². The molecule has 1 saturated heterocycles. The topological polar surface area (TPSA) is 59.4 Å². The number of morpholine rings is 1. The van der Waals surface area contributed by atoms with Crippen LogP contribution in [0.25, 0.3) is 0 Å². The van der Waals surface area contributed by atoms with E-state index in [0.29, 0.717) is 13.2 Å². The van der Waals surface area contributed by atoms with Crippen molar-refractivity contribution in [3.63, 3.8) is 0 Å². The largest absolute Gasteiger partial charge is 0.375 e. The molecule has 6 nitrogen and oxygen atoms in total. The Labute approximate surface area is 139 Å². The fourth-order valence-electron chi connectivity index (χ4n) is 2.77. The molecule has 3 atom stereocenters. The maximum Gasteiger partial charge on any atom is 0.318 e. The predicted molar refractivity (Wildman–Crippen MR) is 90.5 cm³/mol. The van der Waals surface area contributed by atoms with Crippen LogP contribution in [0.2, 0.25) is 0 Å². The Balaban J connectivity index is 2.08. The molecule has 1 aliphatic rings. The molecule has 1 N–H and O–H groups in total. The van der Waals surface area contributed by atoms with E-state index in [1.54, 1.807) is 0 Å². The van der Waals surface area contributed by atoms with Crippen molar-refractivity contribution in [3.05, 3.63) is 17.5 Å².